The normalized spacial score (nSPS) is 13.7. The van der Waals surface area contributed by atoms with Crippen LogP contribution in [0.3, 0.4) is 0 Å². The minimum absolute atomic E-state index is 0.147. The van der Waals surface area contributed by atoms with Gasteiger partial charge < -0.3 is 15.2 Å². The van der Waals surface area contributed by atoms with Crippen molar-refractivity contribution in [2.75, 3.05) is 6.26 Å². The molecule has 2 unspecified atom stereocenters. The van der Waals surface area contributed by atoms with E-state index in [-0.39, 0.29) is 21.2 Å². The van der Waals surface area contributed by atoms with Crippen LogP contribution in [0, 0.1) is 5.82 Å². The number of halogens is 3. The molecule has 0 aliphatic rings. The van der Waals surface area contributed by atoms with Crippen LogP contribution >= 0.6 is 23.2 Å². The molecular weight excluding hydrogens is 528 g/mol. The Balaban J connectivity index is 2.15. The van der Waals surface area contributed by atoms with Gasteiger partial charge in [0.05, 0.1) is 16.1 Å². The van der Waals surface area contributed by atoms with E-state index in [0.29, 0.717) is 11.1 Å². The van der Waals surface area contributed by atoms with Gasteiger partial charge in [0, 0.05) is 17.4 Å². The lowest BCUT2D eigenvalue weighted by Gasteiger charge is -2.28. The van der Waals surface area contributed by atoms with Crippen LogP contribution in [0.25, 0.3) is 11.1 Å². The molecule has 10 heteroatoms. The standard InChI is InChI=1S/C26H26Cl2FNO5S/c1-26(2,3)35-25(32)30-22(16-10-13-19(27)20(28)14-16)23(31)18-12-11-17(15-8-6-5-7-9-15)24(21(18)29)36(4,33)34/h5-14,22-23,31H,1-4H3,(H,30,32). The molecule has 0 radical (unpaired) electrons. The molecule has 0 fully saturated rings. The maximum absolute atomic E-state index is 15.9. The van der Waals surface area contributed by atoms with Gasteiger partial charge in [-0.25, -0.2) is 17.6 Å². The summed E-state index contributed by atoms with van der Waals surface area (Å²) in [5.41, 5.74) is -0.232. The van der Waals surface area contributed by atoms with Crippen molar-refractivity contribution < 1.29 is 27.4 Å². The molecule has 0 saturated heterocycles. The van der Waals surface area contributed by atoms with Crippen LogP contribution in [0.1, 0.15) is 44.0 Å². The maximum atomic E-state index is 15.9. The first-order chi connectivity index (χ1) is 16.7. The van der Waals surface area contributed by atoms with Gasteiger partial charge in [-0.15, -0.1) is 0 Å². The zero-order chi connectivity index (χ0) is 26.8. The summed E-state index contributed by atoms with van der Waals surface area (Å²) in [4.78, 5) is 12.0. The number of hydrogen-bond donors (Lipinski definition) is 2. The fourth-order valence-electron chi connectivity index (χ4n) is 3.67. The molecule has 0 aromatic heterocycles. The van der Waals surface area contributed by atoms with Crippen LogP contribution in [-0.2, 0) is 14.6 Å². The molecule has 0 saturated carbocycles. The lowest BCUT2D eigenvalue weighted by molar-refractivity contribution is 0.0415. The highest BCUT2D eigenvalue weighted by molar-refractivity contribution is 7.90. The Hall–Kier alpha value is -2.65. The number of rotatable bonds is 6. The van der Waals surface area contributed by atoms with Crippen molar-refractivity contribution in [3.8, 4) is 11.1 Å². The van der Waals surface area contributed by atoms with Crippen molar-refractivity contribution in [2.24, 2.45) is 0 Å². The number of aliphatic hydroxyl groups is 1. The van der Waals surface area contributed by atoms with Crippen LogP contribution in [0.2, 0.25) is 10.0 Å². The molecule has 0 heterocycles. The van der Waals surface area contributed by atoms with Gasteiger partial charge in [0.25, 0.3) is 0 Å². The lowest BCUT2D eigenvalue weighted by atomic mass is 9.93. The Morgan fingerprint density at radius 3 is 2.22 bits per heavy atom. The second-order valence-corrected chi connectivity index (χ2v) is 12.0. The van der Waals surface area contributed by atoms with Gasteiger partial charge in [-0.1, -0.05) is 71.7 Å². The van der Waals surface area contributed by atoms with Crippen LogP contribution < -0.4 is 5.32 Å². The highest BCUT2D eigenvalue weighted by Gasteiger charge is 2.32. The summed E-state index contributed by atoms with van der Waals surface area (Å²) >= 11 is 12.2. The topological polar surface area (TPSA) is 92.7 Å². The van der Waals surface area contributed by atoms with Gasteiger partial charge in [-0.2, -0.15) is 0 Å². The van der Waals surface area contributed by atoms with Crippen molar-refractivity contribution in [1.82, 2.24) is 5.32 Å². The minimum Gasteiger partial charge on any atom is -0.444 e. The van der Waals surface area contributed by atoms with Crippen molar-refractivity contribution in [3.05, 3.63) is 87.7 Å². The first-order valence-electron chi connectivity index (χ1n) is 10.9. The summed E-state index contributed by atoms with van der Waals surface area (Å²) in [5.74, 6) is -1.12. The molecule has 3 rings (SSSR count). The molecule has 0 aliphatic carbocycles. The molecule has 192 valence electrons. The third-order valence-corrected chi connectivity index (χ3v) is 7.07. The van der Waals surface area contributed by atoms with Crippen molar-refractivity contribution in [2.45, 2.75) is 43.4 Å². The number of nitrogens with one attached hydrogen (secondary N) is 1. The van der Waals surface area contributed by atoms with E-state index in [1.807, 2.05) is 0 Å². The number of ether oxygens (including phenoxy) is 1. The minimum atomic E-state index is -4.05. The Bertz CT molecular complexity index is 1380. The zero-order valence-electron chi connectivity index (χ0n) is 20.1. The SMILES string of the molecule is CC(C)(C)OC(=O)NC(c1ccc(Cl)c(Cl)c1)C(O)c1ccc(-c2ccccc2)c(S(C)(=O)=O)c1F. The average Bonchev–Trinajstić information content (AvgIpc) is 2.77. The second kappa shape index (κ2) is 10.8. The van der Waals surface area contributed by atoms with E-state index < -0.39 is 44.4 Å². The molecule has 1 amide bonds. The van der Waals surface area contributed by atoms with Crippen LogP contribution in [0.5, 0.6) is 0 Å². The molecule has 36 heavy (non-hydrogen) atoms. The Morgan fingerprint density at radius 2 is 1.67 bits per heavy atom. The van der Waals surface area contributed by atoms with E-state index in [9.17, 15) is 18.3 Å². The first-order valence-corrected chi connectivity index (χ1v) is 13.5. The average molecular weight is 554 g/mol. The van der Waals surface area contributed by atoms with Crippen LogP contribution in [0.15, 0.2) is 65.6 Å². The number of carbonyl (C=O) groups is 1. The third-order valence-electron chi connectivity index (χ3n) is 5.19. The molecule has 0 spiro atoms. The number of hydrogen-bond acceptors (Lipinski definition) is 5. The summed E-state index contributed by atoms with van der Waals surface area (Å²) in [6.07, 6.45) is -1.69. The Kier molecular flexibility index (Phi) is 8.35. The highest BCUT2D eigenvalue weighted by Crippen LogP contribution is 2.38. The van der Waals surface area contributed by atoms with E-state index in [1.54, 1.807) is 51.1 Å². The lowest BCUT2D eigenvalue weighted by Crippen LogP contribution is -2.37. The molecule has 2 N–H and O–H groups in total. The smallest absolute Gasteiger partial charge is 0.408 e. The maximum Gasteiger partial charge on any atom is 0.408 e. The van der Waals surface area contributed by atoms with Gasteiger partial charge in [0.1, 0.15) is 22.4 Å². The number of sulfone groups is 1. The molecule has 2 atom stereocenters. The number of aliphatic hydroxyl groups excluding tert-OH is 1. The summed E-state index contributed by atoms with van der Waals surface area (Å²) < 4.78 is 46.4. The predicted molar refractivity (Wildman–Crippen MR) is 138 cm³/mol. The summed E-state index contributed by atoms with van der Waals surface area (Å²) in [6, 6.07) is 14.3. The van der Waals surface area contributed by atoms with Gasteiger partial charge in [0.2, 0.25) is 0 Å². The van der Waals surface area contributed by atoms with E-state index >= 15 is 4.39 Å². The summed E-state index contributed by atoms with van der Waals surface area (Å²) in [5, 5.41) is 14.2. The van der Waals surface area contributed by atoms with E-state index in [4.69, 9.17) is 27.9 Å². The number of alkyl carbamates (subject to hydrolysis) is 1. The molecule has 3 aromatic carbocycles. The monoisotopic (exact) mass is 553 g/mol. The Morgan fingerprint density at radius 1 is 1.03 bits per heavy atom. The molecule has 6 nitrogen and oxygen atoms in total. The fraction of sp³-hybridized carbons (Fsp3) is 0.269. The van der Waals surface area contributed by atoms with E-state index in [2.05, 4.69) is 5.32 Å². The number of benzene rings is 3. The quantitative estimate of drug-likeness (QED) is 0.363. The number of amides is 1. The van der Waals surface area contributed by atoms with Crippen LogP contribution in [-0.4, -0.2) is 31.5 Å². The van der Waals surface area contributed by atoms with Crippen LogP contribution in [0.4, 0.5) is 9.18 Å². The van der Waals surface area contributed by atoms with Crippen molar-refractivity contribution in [1.29, 1.82) is 0 Å². The zero-order valence-corrected chi connectivity index (χ0v) is 22.4. The van der Waals surface area contributed by atoms with Gasteiger partial charge in [-0.3, -0.25) is 0 Å². The Labute approximate surface area is 219 Å². The summed E-state index contributed by atoms with van der Waals surface area (Å²) in [7, 11) is -4.05. The largest absolute Gasteiger partial charge is 0.444 e. The molecule has 0 aliphatic heterocycles. The van der Waals surface area contributed by atoms with Gasteiger partial charge in [-0.05, 0) is 44.0 Å². The van der Waals surface area contributed by atoms with E-state index in [0.717, 1.165) is 6.26 Å². The first kappa shape index (κ1) is 27.9. The molecule has 0 bridgehead atoms. The van der Waals surface area contributed by atoms with Crippen molar-refractivity contribution in [3.63, 3.8) is 0 Å². The fourth-order valence-corrected chi connectivity index (χ4v) is 5.01. The molecular formula is C26H26Cl2FNO5S. The summed E-state index contributed by atoms with van der Waals surface area (Å²) in [6.45, 7) is 4.99. The highest BCUT2D eigenvalue weighted by atomic mass is 35.5. The van der Waals surface area contributed by atoms with Gasteiger partial charge in [0.15, 0.2) is 9.84 Å². The van der Waals surface area contributed by atoms with Crippen molar-refractivity contribution >= 4 is 39.1 Å². The van der Waals surface area contributed by atoms with Gasteiger partial charge >= 0.3 is 6.09 Å². The molecule has 3 aromatic rings. The number of carbonyl (C=O) groups excluding carboxylic acids is 1. The predicted octanol–water partition coefficient (Wildman–Crippen LogP) is 6.50. The third kappa shape index (κ3) is 6.56. The van der Waals surface area contributed by atoms with E-state index in [1.165, 1.54) is 30.3 Å². The second-order valence-electron chi connectivity index (χ2n) is 9.23.